The van der Waals surface area contributed by atoms with E-state index in [9.17, 15) is 13.2 Å². The lowest BCUT2D eigenvalue weighted by Gasteiger charge is -2.09. The fourth-order valence-electron chi connectivity index (χ4n) is 1.85. The molecule has 0 fully saturated rings. The quantitative estimate of drug-likeness (QED) is 0.895. The van der Waals surface area contributed by atoms with Crippen molar-refractivity contribution in [2.75, 3.05) is 5.73 Å². The molecule has 102 valence electrons. The Labute approximate surface area is 108 Å². The first kappa shape index (κ1) is 13.5. The topological polar surface area (TPSA) is 52.0 Å². The monoisotopic (exact) mass is 270 g/mol. The summed E-state index contributed by atoms with van der Waals surface area (Å²) in [5.41, 5.74) is 6.28. The summed E-state index contributed by atoms with van der Waals surface area (Å²) in [6.45, 7) is 3.74. The van der Waals surface area contributed by atoms with Crippen molar-refractivity contribution < 1.29 is 17.7 Å². The molecule has 0 aliphatic rings. The van der Waals surface area contributed by atoms with Crippen LogP contribution in [0.2, 0.25) is 0 Å². The predicted molar refractivity (Wildman–Crippen MR) is 65.4 cm³/mol. The Balaban J connectivity index is 2.57. The molecule has 2 aromatic rings. The van der Waals surface area contributed by atoms with Crippen LogP contribution < -0.4 is 5.73 Å². The third kappa shape index (κ3) is 2.57. The number of nitrogens with zero attached hydrogens (tertiary/aromatic N) is 1. The van der Waals surface area contributed by atoms with Gasteiger partial charge in [-0.3, -0.25) is 0 Å². The lowest BCUT2D eigenvalue weighted by Crippen LogP contribution is -2.05. The van der Waals surface area contributed by atoms with Crippen molar-refractivity contribution >= 4 is 5.88 Å². The zero-order valence-electron chi connectivity index (χ0n) is 10.5. The molecule has 19 heavy (non-hydrogen) atoms. The molecule has 2 rings (SSSR count). The van der Waals surface area contributed by atoms with Crippen molar-refractivity contribution in [1.29, 1.82) is 0 Å². The molecule has 1 aromatic carbocycles. The molecule has 0 saturated heterocycles. The van der Waals surface area contributed by atoms with Gasteiger partial charge in [0.25, 0.3) is 0 Å². The minimum atomic E-state index is -4.39. The van der Waals surface area contributed by atoms with E-state index >= 15 is 0 Å². The summed E-state index contributed by atoms with van der Waals surface area (Å²) < 4.78 is 43.0. The normalized spacial score (nSPS) is 12.1. The minimum Gasteiger partial charge on any atom is -0.367 e. The molecular formula is C13H13F3N2O. The fraction of sp³-hybridized carbons (Fsp3) is 0.308. The highest BCUT2D eigenvalue weighted by atomic mass is 19.4. The van der Waals surface area contributed by atoms with Crippen LogP contribution in [0.15, 0.2) is 28.8 Å². The molecule has 2 N–H and O–H groups in total. The third-order valence-electron chi connectivity index (χ3n) is 2.77. The van der Waals surface area contributed by atoms with E-state index in [2.05, 4.69) is 5.16 Å². The van der Waals surface area contributed by atoms with Gasteiger partial charge in [-0.15, -0.1) is 0 Å². The molecule has 3 nitrogen and oxygen atoms in total. The zero-order chi connectivity index (χ0) is 14.2. The smallest absolute Gasteiger partial charge is 0.367 e. The second-order valence-corrected chi connectivity index (χ2v) is 4.54. The summed E-state index contributed by atoms with van der Waals surface area (Å²) in [7, 11) is 0. The summed E-state index contributed by atoms with van der Waals surface area (Å²) in [5.74, 6) is 0.0358. The molecule has 0 amide bonds. The van der Waals surface area contributed by atoms with E-state index < -0.39 is 11.7 Å². The van der Waals surface area contributed by atoms with Crippen LogP contribution in [0.3, 0.4) is 0 Å². The van der Waals surface area contributed by atoms with Crippen LogP contribution in [-0.2, 0) is 6.18 Å². The van der Waals surface area contributed by atoms with Crippen molar-refractivity contribution in [3.05, 3.63) is 35.5 Å². The van der Waals surface area contributed by atoms with Crippen LogP contribution in [0.1, 0.15) is 31.0 Å². The Bertz CT molecular complexity index is 588. The number of hydrogen-bond donors (Lipinski definition) is 1. The molecule has 6 heteroatoms. The largest absolute Gasteiger partial charge is 0.416 e. The average Bonchev–Trinajstić information content (AvgIpc) is 2.70. The SMILES string of the molecule is CC(C)c1noc(N)c1-c1cccc(C(F)(F)F)c1. The van der Waals surface area contributed by atoms with E-state index in [1.54, 1.807) is 6.07 Å². The first-order valence-electron chi connectivity index (χ1n) is 5.73. The Morgan fingerprint density at radius 2 is 1.95 bits per heavy atom. The van der Waals surface area contributed by atoms with E-state index in [4.69, 9.17) is 10.3 Å². The number of nitrogens with two attached hydrogens (primary N) is 1. The average molecular weight is 270 g/mol. The van der Waals surface area contributed by atoms with Gasteiger partial charge < -0.3 is 10.3 Å². The fourth-order valence-corrected chi connectivity index (χ4v) is 1.85. The van der Waals surface area contributed by atoms with Crippen LogP contribution in [0, 0.1) is 0 Å². The Morgan fingerprint density at radius 1 is 1.26 bits per heavy atom. The molecule has 1 aromatic heterocycles. The van der Waals surface area contributed by atoms with Crippen LogP contribution in [0.25, 0.3) is 11.1 Å². The standard InChI is InChI=1S/C13H13F3N2O/c1-7(2)11-10(12(17)19-18-11)8-4-3-5-9(6-8)13(14,15)16/h3-7H,17H2,1-2H3. The molecule has 0 atom stereocenters. The van der Waals surface area contributed by atoms with Crippen molar-refractivity contribution in [3.8, 4) is 11.1 Å². The highest BCUT2D eigenvalue weighted by molar-refractivity contribution is 5.76. The summed E-state index contributed by atoms with van der Waals surface area (Å²) in [6, 6.07) is 4.97. The van der Waals surface area contributed by atoms with Crippen molar-refractivity contribution in [2.24, 2.45) is 0 Å². The minimum absolute atomic E-state index is 0.00518. The van der Waals surface area contributed by atoms with Crippen LogP contribution in [0.4, 0.5) is 19.1 Å². The maximum absolute atomic E-state index is 12.7. The van der Waals surface area contributed by atoms with Crippen LogP contribution >= 0.6 is 0 Å². The van der Waals surface area contributed by atoms with Gasteiger partial charge in [-0.1, -0.05) is 31.1 Å². The number of alkyl halides is 3. The van der Waals surface area contributed by atoms with Gasteiger partial charge in [-0.25, -0.2) is 0 Å². The number of benzene rings is 1. The molecule has 0 aliphatic heterocycles. The highest BCUT2D eigenvalue weighted by Gasteiger charge is 2.31. The number of hydrogen-bond acceptors (Lipinski definition) is 3. The molecule has 0 bridgehead atoms. The number of halogens is 3. The number of aromatic nitrogens is 1. The Morgan fingerprint density at radius 3 is 2.53 bits per heavy atom. The summed E-state index contributed by atoms with van der Waals surface area (Å²) in [5, 5.41) is 3.80. The number of rotatable bonds is 2. The van der Waals surface area contributed by atoms with Crippen molar-refractivity contribution in [2.45, 2.75) is 25.9 Å². The molecule has 0 aliphatic carbocycles. The first-order chi connectivity index (χ1) is 8.80. The van der Waals surface area contributed by atoms with Gasteiger partial charge in [0.15, 0.2) is 0 Å². The lowest BCUT2D eigenvalue weighted by atomic mass is 9.98. The van der Waals surface area contributed by atoms with Crippen molar-refractivity contribution in [3.63, 3.8) is 0 Å². The summed E-state index contributed by atoms with van der Waals surface area (Å²) >= 11 is 0. The second-order valence-electron chi connectivity index (χ2n) is 4.54. The van der Waals surface area contributed by atoms with Gasteiger partial charge in [0.05, 0.1) is 16.8 Å². The van der Waals surface area contributed by atoms with E-state index in [0.29, 0.717) is 16.8 Å². The molecule has 0 saturated carbocycles. The van der Waals surface area contributed by atoms with Crippen LogP contribution in [0.5, 0.6) is 0 Å². The molecule has 0 radical (unpaired) electrons. The summed E-state index contributed by atoms with van der Waals surface area (Å²) in [6.07, 6.45) is -4.39. The van der Waals surface area contributed by atoms with E-state index in [0.717, 1.165) is 12.1 Å². The van der Waals surface area contributed by atoms with E-state index in [1.807, 2.05) is 13.8 Å². The molecule has 1 heterocycles. The van der Waals surface area contributed by atoms with Gasteiger partial charge in [0, 0.05) is 0 Å². The molecule has 0 spiro atoms. The van der Waals surface area contributed by atoms with Gasteiger partial charge >= 0.3 is 6.18 Å². The predicted octanol–water partition coefficient (Wildman–Crippen LogP) is 4.07. The van der Waals surface area contributed by atoms with Gasteiger partial charge in [-0.05, 0) is 23.6 Å². The van der Waals surface area contributed by atoms with Crippen LogP contribution in [-0.4, -0.2) is 5.16 Å². The Hall–Kier alpha value is -1.98. The van der Waals surface area contributed by atoms with E-state index in [-0.39, 0.29) is 11.8 Å². The van der Waals surface area contributed by atoms with Gasteiger partial charge in [0.1, 0.15) is 0 Å². The zero-order valence-corrected chi connectivity index (χ0v) is 10.5. The second kappa shape index (κ2) is 4.60. The van der Waals surface area contributed by atoms with Gasteiger partial charge in [0.2, 0.25) is 5.88 Å². The first-order valence-corrected chi connectivity index (χ1v) is 5.73. The number of nitrogen functional groups attached to an aromatic ring is 1. The number of anilines is 1. The summed E-state index contributed by atoms with van der Waals surface area (Å²) in [4.78, 5) is 0. The maximum atomic E-state index is 12.7. The lowest BCUT2D eigenvalue weighted by molar-refractivity contribution is -0.137. The third-order valence-corrected chi connectivity index (χ3v) is 2.77. The molecular weight excluding hydrogens is 257 g/mol. The Kier molecular flexibility index (Phi) is 3.26. The van der Waals surface area contributed by atoms with Gasteiger partial charge in [-0.2, -0.15) is 13.2 Å². The maximum Gasteiger partial charge on any atom is 0.416 e. The highest BCUT2D eigenvalue weighted by Crippen LogP contribution is 2.37. The molecule has 0 unspecified atom stereocenters. The van der Waals surface area contributed by atoms with E-state index in [1.165, 1.54) is 6.07 Å². The van der Waals surface area contributed by atoms with Crippen molar-refractivity contribution in [1.82, 2.24) is 5.16 Å².